The van der Waals surface area contributed by atoms with Gasteiger partial charge in [-0.3, -0.25) is 0 Å². The summed E-state index contributed by atoms with van der Waals surface area (Å²) in [5.41, 5.74) is -1.26. The highest BCUT2D eigenvalue weighted by Crippen LogP contribution is 2.66. The normalized spacial score (nSPS) is 29.0. The van der Waals surface area contributed by atoms with Crippen molar-refractivity contribution in [3.8, 4) is 0 Å². The molecule has 0 radical (unpaired) electrons. The molecule has 1 aliphatic heterocycles. The van der Waals surface area contributed by atoms with Gasteiger partial charge in [0.15, 0.2) is 0 Å². The zero-order valence-electron chi connectivity index (χ0n) is 12.4. The monoisotopic (exact) mass is 312 g/mol. The van der Waals surface area contributed by atoms with Crippen LogP contribution in [0.2, 0.25) is 19.6 Å². The average Bonchev–Trinajstić information content (AvgIpc) is 3.10. The quantitative estimate of drug-likeness (QED) is 0.440. The number of ether oxygens (including phenoxy) is 1. The van der Waals surface area contributed by atoms with Crippen molar-refractivity contribution in [3.05, 3.63) is 55.1 Å². The number of alkyl halides is 3. The van der Waals surface area contributed by atoms with Gasteiger partial charge in [0.2, 0.25) is 5.60 Å². The molecule has 1 heterocycles. The first-order valence-electron chi connectivity index (χ1n) is 6.69. The predicted molar refractivity (Wildman–Crippen MR) is 81.6 cm³/mol. The zero-order valence-corrected chi connectivity index (χ0v) is 13.4. The summed E-state index contributed by atoms with van der Waals surface area (Å²) in [6.45, 7) is 12.9. The van der Waals surface area contributed by atoms with Gasteiger partial charge >= 0.3 is 6.18 Å². The summed E-state index contributed by atoms with van der Waals surface area (Å²) in [7, 11) is -2.40. The lowest BCUT2D eigenvalue weighted by molar-refractivity contribution is -0.169. The van der Waals surface area contributed by atoms with E-state index in [2.05, 4.69) is 13.2 Å². The third-order valence-electron chi connectivity index (χ3n) is 4.11. The largest absolute Gasteiger partial charge is 0.424 e. The van der Waals surface area contributed by atoms with Gasteiger partial charge in [0.05, 0.1) is 8.07 Å². The molecule has 1 fully saturated rings. The highest BCUT2D eigenvalue weighted by molar-refractivity contribution is 6.82. The molecule has 0 bridgehead atoms. The highest BCUT2D eigenvalue weighted by Gasteiger charge is 2.85. The highest BCUT2D eigenvalue weighted by atomic mass is 28.3. The van der Waals surface area contributed by atoms with Gasteiger partial charge in [-0.2, -0.15) is 13.2 Å². The molecule has 5 heteroatoms. The molecule has 0 N–H and O–H groups in total. The molecule has 1 aliphatic rings. The lowest BCUT2D eigenvalue weighted by Gasteiger charge is -2.31. The minimum absolute atomic E-state index is 0.388. The fraction of sp³-hybridized carbons (Fsp3) is 0.375. The fourth-order valence-corrected chi connectivity index (χ4v) is 5.94. The second-order valence-corrected chi connectivity index (χ2v) is 11.5. The first kappa shape index (κ1) is 16.0. The summed E-state index contributed by atoms with van der Waals surface area (Å²) in [5.74, 6) is 0. The molecule has 0 saturated carbocycles. The third-order valence-corrected chi connectivity index (χ3v) is 7.00. The Labute approximate surface area is 124 Å². The van der Waals surface area contributed by atoms with Gasteiger partial charge in [-0.1, -0.05) is 63.1 Å². The Bertz CT molecular complexity index is 573. The minimum atomic E-state index is -4.51. The summed E-state index contributed by atoms with van der Waals surface area (Å²) >= 11 is 0. The first-order chi connectivity index (χ1) is 9.53. The molecule has 114 valence electrons. The van der Waals surface area contributed by atoms with Crippen LogP contribution in [0.25, 0.3) is 5.57 Å². The molecule has 1 nitrogen and oxygen atoms in total. The van der Waals surface area contributed by atoms with Crippen LogP contribution in [-0.2, 0) is 4.74 Å². The van der Waals surface area contributed by atoms with E-state index in [1.165, 1.54) is 0 Å². The van der Waals surface area contributed by atoms with E-state index in [0.29, 0.717) is 11.1 Å². The predicted octanol–water partition coefficient (Wildman–Crippen LogP) is 4.83. The maximum atomic E-state index is 13.6. The Kier molecular flexibility index (Phi) is 3.50. The summed E-state index contributed by atoms with van der Waals surface area (Å²) in [4.78, 5) is 0. The van der Waals surface area contributed by atoms with Crippen LogP contribution in [0.15, 0.2) is 49.6 Å². The van der Waals surface area contributed by atoms with Crippen molar-refractivity contribution in [2.24, 2.45) is 0 Å². The van der Waals surface area contributed by atoms with E-state index in [1.54, 1.807) is 24.3 Å². The number of hydrogen-bond donors (Lipinski definition) is 0. The molecular weight excluding hydrogens is 293 g/mol. The standard InChI is InChI=1S/C16H19F3OSi/c1-6-14(16(17,18)19)15(20-14,21(3,4)5)12(2)13-10-8-7-9-11-13/h6-11H,1-2H2,3-5H3/t14-,15-/m0/s1. The Morgan fingerprint density at radius 3 is 2.05 bits per heavy atom. The Hall–Kier alpha value is -1.33. The molecule has 0 aromatic heterocycles. The summed E-state index contributed by atoms with van der Waals surface area (Å²) < 4.78 is 46.2. The van der Waals surface area contributed by atoms with Crippen LogP contribution >= 0.6 is 0 Å². The van der Waals surface area contributed by atoms with Crippen molar-refractivity contribution in [1.29, 1.82) is 0 Å². The van der Waals surface area contributed by atoms with Crippen LogP contribution < -0.4 is 0 Å². The molecule has 1 aromatic carbocycles. The lowest BCUT2D eigenvalue weighted by atomic mass is 9.94. The van der Waals surface area contributed by atoms with E-state index in [9.17, 15) is 13.2 Å². The Morgan fingerprint density at radius 2 is 1.71 bits per heavy atom. The van der Waals surface area contributed by atoms with Crippen LogP contribution in [0.4, 0.5) is 13.2 Å². The maximum Gasteiger partial charge on any atom is 0.424 e. The van der Waals surface area contributed by atoms with Crippen LogP contribution in [0.5, 0.6) is 0 Å². The first-order valence-corrected chi connectivity index (χ1v) is 10.2. The van der Waals surface area contributed by atoms with Gasteiger partial charge < -0.3 is 4.74 Å². The smallest absolute Gasteiger partial charge is 0.347 e. The van der Waals surface area contributed by atoms with Crippen molar-refractivity contribution in [3.63, 3.8) is 0 Å². The number of rotatable bonds is 4. The topological polar surface area (TPSA) is 12.5 Å². The van der Waals surface area contributed by atoms with Gasteiger partial charge in [-0.15, -0.1) is 0 Å². The molecule has 21 heavy (non-hydrogen) atoms. The van der Waals surface area contributed by atoms with Gasteiger partial charge in [0.25, 0.3) is 0 Å². The average molecular weight is 312 g/mol. The molecule has 1 saturated heterocycles. The maximum absolute atomic E-state index is 13.6. The Balaban J connectivity index is 2.59. The molecule has 2 atom stereocenters. The number of epoxide rings is 1. The van der Waals surface area contributed by atoms with Crippen LogP contribution in [0, 0.1) is 0 Å². The van der Waals surface area contributed by atoms with Gasteiger partial charge in [-0.25, -0.2) is 0 Å². The summed E-state index contributed by atoms with van der Waals surface area (Å²) in [6.07, 6.45) is -3.62. The lowest BCUT2D eigenvalue weighted by Crippen LogP contribution is -2.52. The van der Waals surface area contributed by atoms with Crippen molar-refractivity contribution in [2.45, 2.75) is 36.6 Å². The summed E-state index contributed by atoms with van der Waals surface area (Å²) in [6, 6.07) is 8.90. The zero-order chi connectivity index (χ0) is 16.1. The third kappa shape index (κ3) is 2.02. The second kappa shape index (κ2) is 4.58. The van der Waals surface area contributed by atoms with Crippen molar-refractivity contribution in [1.82, 2.24) is 0 Å². The van der Waals surface area contributed by atoms with Crippen LogP contribution in [0.1, 0.15) is 5.56 Å². The fourth-order valence-electron chi connectivity index (χ4n) is 3.07. The van der Waals surface area contributed by atoms with Crippen molar-refractivity contribution >= 4 is 13.6 Å². The SMILES string of the molecule is C=C[C@]1(C(F)(F)F)O[C@@]1(C(=C)c1ccccc1)[Si](C)(C)C. The molecule has 0 amide bonds. The van der Waals surface area contributed by atoms with Crippen molar-refractivity contribution < 1.29 is 17.9 Å². The van der Waals surface area contributed by atoms with E-state index in [-0.39, 0.29) is 0 Å². The van der Waals surface area contributed by atoms with Gasteiger partial charge in [0.1, 0.15) is 5.22 Å². The summed E-state index contributed by atoms with van der Waals surface area (Å²) in [5, 5.41) is -1.40. The molecule has 2 rings (SSSR count). The molecule has 0 spiro atoms. The molecule has 0 unspecified atom stereocenters. The van der Waals surface area contributed by atoms with E-state index < -0.39 is 25.1 Å². The van der Waals surface area contributed by atoms with E-state index in [4.69, 9.17) is 4.74 Å². The number of hydrogen-bond acceptors (Lipinski definition) is 1. The van der Waals surface area contributed by atoms with E-state index in [0.717, 1.165) is 6.08 Å². The van der Waals surface area contributed by atoms with Gasteiger partial charge in [-0.05, 0) is 17.2 Å². The van der Waals surface area contributed by atoms with E-state index >= 15 is 0 Å². The van der Waals surface area contributed by atoms with Gasteiger partial charge in [0, 0.05) is 0 Å². The second-order valence-electron chi connectivity index (χ2n) is 6.32. The molecule has 0 aliphatic carbocycles. The van der Waals surface area contributed by atoms with Crippen molar-refractivity contribution in [2.75, 3.05) is 0 Å². The van der Waals surface area contributed by atoms with Crippen LogP contribution in [-0.4, -0.2) is 25.1 Å². The Morgan fingerprint density at radius 1 is 1.19 bits per heavy atom. The molecular formula is C16H19F3OSi. The number of benzene rings is 1. The van der Waals surface area contributed by atoms with Crippen LogP contribution in [0.3, 0.4) is 0 Å². The molecule has 1 aromatic rings. The minimum Gasteiger partial charge on any atom is -0.347 e. The van der Waals surface area contributed by atoms with E-state index in [1.807, 2.05) is 25.7 Å². The number of halogens is 3.